The molecule has 1 aliphatic heterocycles. The molecule has 0 amide bonds. The van der Waals surface area contributed by atoms with Gasteiger partial charge in [0.25, 0.3) is 0 Å². The molecule has 5 heteroatoms. The van der Waals surface area contributed by atoms with E-state index in [2.05, 4.69) is 59.1 Å². The Kier molecular flexibility index (Phi) is 6.17. The van der Waals surface area contributed by atoms with E-state index in [0.717, 1.165) is 47.9 Å². The largest absolute Gasteiger partial charge is 0.370 e. The highest BCUT2D eigenvalue weighted by molar-refractivity contribution is 9.10. The van der Waals surface area contributed by atoms with Crippen molar-refractivity contribution in [1.82, 2.24) is 9.97 Å². The number of fused-ring (bicyclic) bond motifs is 1. The van der Waals surface area contributed by atoms with E-state index in [1.165, 1.54) is 41.6 Å². The second kappa shape index (κ2) is 8.38. The first-order valence-corrected chi connectivity index (χ1v) is 10.5. The minimum Gasteiger partial charge on any atom is -0.370 e. The van der Waals surface area contributed by atoms with E-state index < -0.39 is 0 Å². The summed E-state index contributed by atoms with van der Waals surface area (Å²) in [5.74, 6) is 2.94. The molecule has 1 aromatic heterocycles. The third-order valence-corrected chi connectivity index (χ3v) is 5.42. The zero-order chi connectivity index (χ0) is 18.7. The molecule has 0 bridgehead atoms. The first-order chi connectivity index (χ1) is 12.5. The molecular formula is C21H29BrN4. The van der Waals surface area contributed by atoms with E-state index in [1.54, 1.807) is 0 Å². The summed E-state index contributed by atoms with van der Waals surface area (Å²) in [6, 6.07) is 4.38. The van der Waals surface area contributed by atoms with E-state index in [1.807, 2.05) is 6.92 Å². The van der Waals surface area contributed by atoms with Gasteiger partial charge >= 0.3 is 0 Å². The number of halogens is 1. The van der Waals surface area contributed by atoms with Gasteiger partial charge in [-0.3, -0.25) is 0 Å². The molecule has 0 spiro atoms. The zero-order valence-electron chi connectivity index (χ0n) is 16.3. The Morgan fingerprint density at radius 1 is 1.12 bits per heavy atom. The van der Waals surface area contributed by atoms with Gasteiger partial charge in [-0.05, 0) is 63.3 Å². The first-order valence-electron chi connectivity index (χ1n) is 9.67. The monoisotopic (exact) mass is 416 g/mol. The van der Waals surface area contributed by atoms with Gasteiger partial charge in [0.2, 0.25) is 0 Å². The van der Waals surface area contributed by atoms with Crippen molar-refractivity contribution in [2.24, 2.45) is 0 Å². The maximum Gasteiger partial charge on any atom is 0.142 e. The molecule has 3 rings (SSSR count). The van der Waals surface area contributed by atoms with Crippen molar-refractivity contribution in [2.45, 2.75) is 59.8 Å². The molecule has 2 heterocycles. The number of aromatic nitrogens is 2. The van der Waals surface area contributed by atoms with E-state index in [-0.39, 0.29) is 0 Å². The first kappa shape index (κ1) is 19.2. The number of rotatable bonds is 6. The molecule has 0 unspecified atom stereocenters. The number of benzene rings is 1. The topological polar surface area (TPSA) is 41.1 Å². The van der Waals surface area contributed by atoms with Crippen molar-refractivity contribution in [1.29, 1.82) is 0 Å². The highest BCUT2D eigenvalue weighted by Gasteiger charge is 2.26. The lowest BCUT2D eigenvalue weighted by Gasteiger charge is -2.33. The molecule has 1 aliphatic rings. The summed E-state index contributed by atoms with van der Waals surface area (Å²) >= 11 is 3.61. The van der Waals surface area contributed by atoms with Crippen LogP contribution in [0.4, 0.5) is 17.3 Å². The predicted molar refractivity (Wildman–Crippen MR) is 114 cm³/mol. The molecule has 140 valence electrons. The number of hydrogen-bond acceptors (Lipinski definition) is 4. The Hall–Kier alpha value is -1.62. The van der Waals surface area contributed by atoms with Gasteiger partial charge in [0.1, 0.15) is 17.5 Å². The maximum atomic E-state index is 4.84. The van der Waals surface area contributed by atoms with Crippen LogP contribution in [0.3, 0.4) is 0 Å². The van der Waals surface area contributed by atoms with Gasteiger partial charge in [0.15, 0.2) is 0 Å². The predicted octanol–water partition coefficient (Wildman–Crippen LogP) is 5.85. The average molecular weight is 417 g/mol. The summed E-state index contributed by atoms with van der Waals surface area (Å²) in [6.45, 7) is 10.6. The second-order valence-corrected chi connectivity index (χ2v) is 8.11. The van der Waals surface area contributed by atoms with Crippen molar-refractivity contribution in [3.63, 3.8) is 0 Å². The molecule has 0 aliphatic carbocycles. The van der Waals surface area contributed by atoms with Gasteiger partial charge in [-0.1, -0.05) is 35.7 Å². The lowest BCUT2D eigenvalue weighted by atomic mass is 10.0. The smallest absolute Gasteiger partial charge is 0.142 e. The number of unbranched alkanes of at least 4 members (excludes halogenated alkanes) is 2. The van der Waals surface area contributed by atoms with Crippen LogP contribution in [0.5, 0.6) is 0 Å². The van der Waals surface area contributed by atoms with Crippen LogP contribution in [0.2, 0.25) is 0 Å². The molecule has 2 aromatic rings. The third-order valence-electron chi connectivity index (χ3n) is 4.96. The van der Waals surface area contributed by atoms with Crippen LogP contribution in [0.15, 0.2) is 16.6 Å². The fraction of sp³-hybridized carbons (Fsp3) is 0.524. The van der Waals surface area contributed by atoms with Gasteiger partial charge in [0.05, 0.1) is 0 Å². The fourth-order valence-electron chi connectivity index (χ4n) is 3.83. The van der Waals surface area contributed by atoms with E-state index in [0.29, 0.717) is 0 Å². The lowest BCUT2D eigenvalue weighted by molar-refractivity contribution is 0.725. The van der Waals surface area contributed by atoms with Crippen molar-refractivity contribution in [3.8, 4) is 0 Å². The Morgan fingerprint density at radius 3 is 2.54 bits per heavy atom. The fourth-order valence-corrected chi connectivity index (χ4v) is 4.52. The lowest BCUT2D eigenvalue weighted by Crippen LogP contribution is -2.28. The second-order valence-electron chi connectivity index (χ2n) is 7.20. The standard InChI is InChI=1S/C21H29BrN4/c1-5-6-7-10-23-20-18-9-8-11-26(21(18)25-16(4)24-20)19-14(2)12-17(22)13-15(19)3/h12-13H,5-11H2,1-4H3,(H,23,24,25). The Balaban J connectivity index is 1.98. The van der Waals surface area contributed by atoms with Gasteiger partial charge in [-0.25, -0.2) is 9.97 Å². The van der Waals surface area contributed by atoms with Crippen molar-refractivity contribution in [3.05, 3.63) is 39.1 Å². The molecule has 0 saturated heterocycles. The molecule has 0 saturated carbocycles. The highest BCUT2D eigenvalue weighted by atomic mass is 79.9. The van der Waals surface area contributed by atoms with Gasteiger partial charge in [-0.15, -0.1) is 0 Å². The molecule has 0 atom stereocenters. The van der Waals surface area contributed by atoms with Crippen molar-refractivity contribution < 1.29 is 0 Å². The number of anilines is 3. The molecular weight excluding hydrogens is 388 g/mol. The molecule has 1 N–H and O–H groups in total. The number of aryl methyl sites for hydroxylation is 3. The minimum atomic E-state index is 0.834. The van der Waals surface area contributed by atoms with Crippen LogP contribution in [-0.4, -0.2) is 23.1 Å². The summed E-state index contributed by atoms with van der Waals surface area (Å²) in [5, 5.41) is 3.57. The van der Waals surface area contributed by atoms with Gasteiger partial charge < -0.3 is 10.2 Å². The van der Waals surface area contributed by atoms with Crippen LogP contribution < -0.4 is 10.2 Å². The summed E-state index contributed by atoms with van der Waals surface area (Å²) in [4.78, 5) is 11.9. The summed E-state index contributed by atoms with van der Waals surface area (Å²) in [6.07, 6.45) is 5.83. The number of nitrogens with one attached hydrogen (secondary N) is 1. The van der Waals surface area contributed by atoms with Gasteiger partial charge in [0, 0.05) is 28.8 Å². The zero-order valence-corrected chi connectivity index (χ0v) is 17.9. The van der Waals surface area contributed by atoms with Crippen LogP contribution in [0.1, 0.15) is 55.1 Å². The number of nitrogens with zero attached hydrogens (tertiary/aromatic N) is 3. The SMILES string of the molecule is CCCCCNc1nc(C)nc2c1CCCN2c1c(C)cc(Br)cc1C. The summed E-state index contributed by atoms with van der Waals surface area (Å²) < 4.78 is 1.13. The molecule has 4 nitrogen and oxygen atoms in total. The van der Waals surface area contributed by atoms with Gasteiger partial charge in [-0.2, -0.15) is 0 Å². The molecule has 26 heavy (non-hydrogen) atoms. The Morgan fingerprint density at radius 2 is 1.85 bits per heavy atom. The maximum absolute atomic E-state index is 4.84. The van der Waals surface area contributed by atoms with Crippen molar-refractivity contribution in [2.75, 3.05) is 23.3 Å². The molecule has 1 aromatic carbocycles. The van der Waals surface area contributed by atoms with Crippen LogP contribution >= 0.6 is 15.9 Å². The third kappa shape index (κ3) is 4.03. The van der Waals surface area contributed by atoms with E-state index >= 15 is 0 Å². The van der Waals surface area contributed by atoms with E-state index in [9.17, 15) is 0 Å². The Bertz CT molecular complexity index is 765. The number of hydrogen-bond donors (Lipinski definition) is 1. The van der Waals surface area contributed by atoms with Crippen LogP contribution in [0.25, 0.3) is 0 Å². The van der Waals surface area contributed by atoms with Crippen molar-refractivity contribution >= 4 is 33.3 Å². The van der Waals surface area contributed by atoms with E-state index in [4.69, 9.17) is 9.97 Å². The normalized spacial score (nSPS) is 13.7. The highest BCUT2D eigenvalue weighted by Crippen LogP contribution is 2.39. The molecule has 0 radical (unpaired) electrons. The summed E-state index contributed by atoms with van der Waals surface area (Å²) in [7, 11) is 0. The summed E-state index contributed by atoms with van der Waals surface area (Å²) in [5.41, 5.74) is 5.10. The quantitative estimate of drug-likeness (QED) is 0.599. The molecule has 0 fully saturated rings. The van der Waals surface area contributed by atoms with Crippen LogP contribution in [-0.2, 0) is 6.42 Å². The Labute approximate surface area is 165 Å². The average Bonchev–Trinajstić information content (AvgIpc) is 2.58. The van der Waals surface area contributed by atoms with Crippen LogP contribution in [0, 0.1) is 20.8 Å². The minimum absolute atomic E-state index is 0.834.